The number of H-pyrrole nitrogens is 1. The molecule has 1 aliphatic carbocycles. The molecule has 0 amide bonds. The molecule has 6 bridgehead atoms. The lowest BCUT2D eigenvalue weighted by Crippen LogP contribution is -3.10. The Morgan fingerprint density at radius 1 is 1.28 bits per heavy atom. The topological polar surface area (TPSA) is 87.0 Å². The highest BCUT2D eigenvalue weighted by molar-refractivity contribution is 5.91. The maximum atomic E-state index is 12.6. The standard InChI is InChI=1S/C19H20N2O4/c22-17(23)18-9-25-19(24)11-5-7-21(8-6-13(18)19)15(11)14-10-3-1-2-4-12(10)20-16(14)18/h1-4,11,13,15,20,24H,5-9H2,(H,22,23)/p+1/t11-,13?,15?,18+,19-/m1/s1. The number of carboxylic acid groups (broad SMARTS) is 1. The van der Waals surface area contributed by atoms with Gasteiger partial charge in [0.2, 0.25) is 0 Å². The summed E-state index contributed by atoms with van der Waals surface area (Å²) in [6.45, 7) is 1.94. The van der Waals surface area contributed by atoms with Gasteiger partial charge in [-0.2, -0.15) is 0 Å². The Hall–Kier alpha value is -1.89. The van der Waals surface area contributed by atoms with Crippen molar-refractivity contribution in [3.05, 3.63) is 35.5 Å². The summed E-state index contributed by atoms with van der Waals surface area (Å²) in [4.78, 5) is 17.5. The third-order valence-corrected chi connectivity index (χ3v) is 7.41. The number of hydrogen-bond donors (Lipinski definition) is 4. The predicted octanol–water partition coefficient (Wildman–Crippen LogP) is 0.189. The molecule has 0 saturated carbocycles. The van der Waals surface area contributed by atoms with Gasteiger partial charge >= 0.3 is 5.97 Å². The summed E-state index contributed by atoms with van der Waals surface area (Å²) in [6.07, 6.45) is 1.56. The molecule has 6 atom stereocenters. The third-order valence-electron chi connectivity index (χ3n) is 7.41. The van der Waals surface area contributed by atoms with Crippen LogP contribution in [0, 0.1) is 11.8 Å². The van der Waals surface area contributed by atoms with Crippen molar-refractivity contribution in [3.8, 4) is 0 Å². The number of fused-ring (bicyclic) bond motifs is 4. The molecule has 0 radical (unpaired) electrons. The Morgan fingerprint density at radius 3 is 2.92 bits per heavy atom. The SMILES string of the molecule is O=C(O)[C@@]12CO[C@@]3(O)C1CC[NH+]1CC[C@@H]3C1c1c2[nH]c2ccccc12. The zero-order chi connectivity index (χ0) is 17.0. The van der Waals surface area contributed by atoms with Gasteiger partial charge in [-0.15, -0.1) is 0 Å². The van der Waals surface area contributed by atoms with Gasteiger partial charge in [0.25, 0.3) is 0 Å². The van der Waals surface area contributed by atoms with Crippen LogP contribution in [0.3, 0.4) is 0 Å². The molecule has 130 valence electrons. The molecule has 3 aliphatic heterocycles. The van der Waals surface area contributed by atoms with Gasteiger partial charge in [-0.1, -0.05) is 18.2 Å². The lowest BCUT2D eigenvalue weighted by Gasteiger charge is -2.35. The van der Waals surface area contributed by atoms with E-state index in [9.17, 15) is 15.0 Å². The summed E-state index contributed by atoms with van der Waals surface area (Å²) in [5.74, 6) is -2.67. The van der Waals surface area contributed by atoms with E-state index in [4.69, 9.17) is 4.74 Å². The van der Waals surface area contributed by atoms with E-state index >= 15 is 0 Å². The van der Waals surface area contributed by atoms with E-state index in [0.29, 0.717) is 6.42 Å². The number of aromatic nitrogens is 1. The summed E-state index contributed by atoms with van der Waals surface area (Å²) in [7, 11) is 0. The van der Waals surface area contributed by atoms with Crippen LogP contribution in [0.25, 0.3) is 10.9 Å². The molecule has 3 fully saturated rings. The average molecular weight is 341 g/mol. The zero-order valence-corrected chi connectivity index (χ0v) is 13.8. The van der Waals surface area contributed by atoms with Gasteiger partial charge in [0.15, 0.2) is 5.79 Å². The Balaban J connectivity index is 1.78. The number of quaternary nitrogens is 1. The Morgan fingerprint density at radius 2 is 2.08 bits per heavy atom. The highest BCUT2D eigenvalue weighted by Crippen LogP contribution is 2.60. The molecule has 3 unspecified atom stereocenters. The van der Waals surface area contributed by atoms with Crippen LogP contribution in [-0.4, -0.2) is 46.6 Å². The Kier molecular flexibility index (Phi) is 2.43. The minimum Gasteiger partial charge on any atom is -0.480 e. The van der Waals surface area contributed by atoms with Crippen LogP contribution in [0.5, 0.6) is 0 Å². The summed E-state index contributed by atoms with van der Waals surface area (Å²) in [5.41, 5.74) is 1.68. The van der Waals surface area contributed by atoms with Crippen LogP contribution in [0.2, 0.25) is 0 Å². The van der Waals surface area contributed by atoms with Crippen LogP contribution in [0.15, 0.2) is 24.3 Å². The van der Waals surface area contributed by atoms with Crippen molar-refractivity contribution in [1.29, 1.82) is 0 Å². The first-order valence-electron chi connectivity index (χ1n) is 9.13. The predicted molar refractivity (Wildman–Crippen MR) is 88.2 cm³/mol. The molecule has 4 aliphatic rings. The van der Waals surface area contributed by atoms with Gasteiger partial charge in [0.1, 0.15) is 11.5 Å². The van der Waals surface area contributed by atoms with Gasteiger partial charge in [-0.25, -0.2) is 0 Å². The second kappa shape index (κ2) is 4.26. The van der Waals surface area contributed by atoms with Crippen molar-refractivity contribution in [3.63, 3.8) is 0 Å². The third kappa shape index (κ3) is 1.39. The molecule has 6 rings (SSSR count). The summed E-state index contributed by atoms with van der Waals surface area (Å²) < 4.78 is 5.95. The smallest absolute Gasteiger partial charge is 0.318 e. The lowest BCUT2D eigenvalue weighted by atomic mass is 9.69. The first kappa shape index (κ1) is 14.3. The summed E-state index contributed by atoms with van der Waals surface area (Å²) in [6, 6.07) is 8.17. The van der Waals surface area contributed by atoms with Crippen molar-refractivity contribution in [2.24, 2.45) is 11.8 Å². The van der Waals surface area contributed by atoms with Crippen molar-refractivity contribution in [2.75, 3.05) is 19.7 Å². The van der Waals surface area contributed by atoms with Crippen molar-refractivity contribution >= 4 is 16.9 Å². The van der Waals surface area contributed by atoms with Crippen LogP contribution in [0.4, 0.5) is 0 Å². The number of ether oxygens (including phenoxy) is 1. The number of nitrogens with one attached hydrogen (secondary N) is 2. The van der Waals surface area contributed by atoms with Crippen molar-refractivity contribution in [1.82, 2.24) is 4.98 Å². The van der Waals surface area contributed by atoms with E-state index in [1.54, 1.807) is 0 Å². The molecule has 6 nitrogen and oxygen atoms in total. The molecular formula is C19H21N2O4+. The van der Waals surface area contributed by atoms with Crippen molar-refractivity contribution in [2.45, 2.75) is 30.1 Å². The minimum absolute atomic E-state index is 0.0435. The molecular weight excluding hydrogens is 320 g/mol. The molecule has 1 aromatic carbocycles. The van der Waals surface area contributed by atoms with Gasteiger partial charge in [0.05, 0.1) is 25.6 Å². The van der Waals surface area contributed by atoms with Gasteiger partial charge in [-0.3, -0.25) is 4.79 Å². The maximum absolute atomic E-state index is 12.6. The first-order valence-corrected chi connectivity index (χ1v) is 9.13. The zero-order valence-electron chi connectivity index (χ0n) is 13.8. The van der Waals surface area contributed by atoms with Gasteiger partial charge < -0.3 is 24.8 Å². The molecule has 1 aromatic heterocycles. The average Bonchev–Trinajstić information content (AvgIpc) is 3.19. The summed E-state index contributed by atoms with van der Waals surface area (Å²) in [5, 5.41) is 22.9. The maximum Gasteiger partial charge on any atom is 0.318 e. The van der Waals surface area contributed by atoms with Crippen molar-refractivity contribution < 1.29 is 24.6 Å². The van der Waals surface area contributed by atoms with Crippen LogP contribution < -0.4 is 4.90 Å². The molecule has 4 heterocycles. The van der Waals surface area contributed by atoms with E-state index in [-0.39, 0.29) is 18.6 Å². The summed E-state index contributed by atoms with van der Waals surface area (Å²) >= 11 is 0. The van der Waals surface area contributed by atoms with E-state index in [0.717, 1.165) is 41.7 Å². The normalized spacial score (nSPS) is 43.9. The first-order chi connectivity index (χ1) is 12.1. The number of hydrogen-bond acceptors (Lipinski definition) is 3. The second-order valence-electron chi connectivity index (χ2n) is 8.15. The largest absolute Gasteiger partial charge is 0.480 e. The van der Waals surface area contributed by atoms with Crippen LogP contribution in [0.1, 0.15) is 30.1 Å². The van der Waals surface area contributed by atoms with E-state index in [2.05, 4.69) is 11.1 Å². The number of aliphatic hydroxyl groups is 1. The fourth-order valence-electron chi connectivity index (χ4n) is 6.41. The molecule has 3 saturated heterocycles. The Labute approximate surface area is 144 Å². The minimum atomic E-state index is -1.33. The van der Waals surface area contributed by atoms with E-state index < -0.39 is 23.1 Å². The molecule has 4 N–H and O–H groups in total. The quantitative estimate of drug-likeness (QED) is 0.596. The number of aliphatic carboxylic acids is 1. The molecule has 2 aromatic rings. The number of benzene rings is 1. The second-order valence-corrected chi connectivity index (χ2v) is 8.15. The lowest BCUT2D eigenvalue weighted by molar-refractivity contribution is -0.920. The number of aromatic amines is 1. The number of para-hydroxylation sites is 1. The molecule has 0 spiro atoms. The highest BCUT2D eigenvalue weighted by atomic mass is 16.6. The Bertz CT molecular complexity index is 923. The van der Waals surface area contributed by atoms with Gasteiger partial charge in [-0.05, 0) is 6.07 Å². The number of carboxylic acids is 1. The molecule has 6 heteroatoms. The fraction of sp³-hybridized carbons (Fsp3) is 0.526. The monoisotopic (exact) mass is 341 g/mol. The highest BCUT2D eigenvalue weighted by Gasteiger charge is 2.73. The fourth-order valence-corrected chi connectivity index (χ4v) is 6.41. The molecule has 25 heavy (non-hydrogen) atoms. The van der Waals surface area contributed by atoms with E-state index in [1.165, 1.54) is 4.90 Å². The van der Waals surface area contributed by atoms with E-state index in [1.807, 2.05) is 18.2 Å². The van der Waals surface area contributed by atoms with Gasteiger partial charge in [0, 0.05) is 40.9 Å². The van der Waals surface area contributed by atoms with Crippen LogP contribution >= 0.6 is 0 Å². The van der Waals surface area contributed by atoms with Crippen LogP contribution in [-0.2, 0) is 14.9 Å². The number of rotatable bonds is 1. The number of carbonyl (C=O) groups is 1.